The molecule has 2 N–H and O–H groups in total. The molecule has 0 saturated heterocycles. The van der Waals surface area contributed by atoms with E-state index >= 15 is 0 Å². The molecule has 11 heteroatoms. The zero-order chi connectivity index (χ0) is 19.4. The van der Waals surface area contributed by atoms with E-state index in [-0.39, 0.29) is 18.0 Å². The Morgan fingerprint density at radius 2 is 2.00 bits per heavy atom. The lowest BCUT2D eigenvalue weighted by molar-refractivity contribution is -0.137. The highest BCUT2D eigenvalue weighted by Gasteiger charge is 2.30. The lowest BCUT2D eigenvalue weighted by Gasteiger charge is -2.14. The summed E-state index contributed by atoms with van der Waals surface area (Å²) in [5, 5.41) is 2.59. The summed E-state index contributed by atoms with van der Waals surface area (Å²) in [4.78, 5) is 14.6. The van der Waals surface area contributed by atoms with Gasteiger partial charge in [-0.1, -0.05) is 6.07 Å². The quantitative estimate of drug-likeness (QED) is 0.815. The Hall–Kier alpha value is -2.82. The number of carbonyl (C=O) groups is 1. The van der Waals surface area contributed by atoms with Crippen molar-refractivity contribution >= 4 is 27.5 Å². The molecule has 7 nitrogen and oxygen atoms in total. The Bertz CT molecular complexity index is 901. The third-order valence-corrected chi connectivity index (χ3v) is 4.38. The molecule has 1 aromatic heterocycles. The lowest BCUT2D eigenvalue weighted by atomic mass is 10.2. The second-order valence-electron chi connectivity index (χ2n) is 4.90. The van der Waals surface area contributed by atoms with Gasteiger partial charge in [0, 0.05) is 18.1 Å². The molecule has 0 bridgehead atoms. The van der Waals surface area contributed by atoms with Crippen LogP contribution in [0.5, 0.6) is 0 Å². The molecule has 2 aromatic rings. The molecule has 0 fully saturated rings. The minimum absolute atomic E-state index is 0.0126. The van der Waals surface area contributed by atoms with Gasteiger partial charge in [-0.3, -0.25) is 4.98 Å². The monoisotopic (exact) mass is 389 g/mol. The number of nitrogens with zero attached hydrogens (tertiary/aromatic N) is 1. The Kier molecular flexibility index (Phi) is 5.70. The van der Waals surface area contributed by atoms with Crippen LogP contribution in [0.1, 0.15) is 12.5 Å². The largest absolute Gasteiger partial charge is 0.449 e. The predicted octanol–water partition coefficient (Wildman–Crippen LogP) is 3.28. The number of anilines is 2. The number of halogens is 3. The fourth-order valence-corrected chi connectivity index (χ4v) is 2.95. The van der Waals surface area contributed by atoms with Gasteiger partial charge in [0.05, 0.1) is 17.9 Å². The number of rotatable bonds is 5. The molecule has 1 heterocycles. The van der Waals surface area contributed by atoms with E-state index in [2.05, 4.69) is 15.0 Å². The number of carbonyl (C=O) groups excluding carboxylic acids is 1. The summed E-state index contributed by atoms with van der Waals surface area (Å²) >= 11 is 0. The van der Waals surface area contributed by atoms with E-state index in [9.17, 15) is 26.4 Å². The van der Waals surface area contributed by atoms with Gasteiger partial charge < -0.3 is 10.1 Å². The first-order chi connectivity index (χ1) is 12.1. The van der Waals surface area contributed by atoms with Crippen molar-refractivity contribution in [2.45, 2.75) is 18.0 Å². The van der Waals surface area contributed by atoms with Crippen LogP contribution >= 0.6 is 0 Å². The number of sulfonamides is 1. The van der Waals surface area contributed by atoms with Gasteiger partial charge >= 0.3 is 12.3 Å². The topological polar surface area (TPSA) is 97.4 Å². The second kappa shape index (κ2) is 7.60. The van der Waals surface area contributed by atoms with Gasteiger partial charge in [-0.2, -0.15) is 13.2 Å². The third kappa shape index (κ3) is 4.85. The van der Waals surface area contributed by atoms with Crippen molar-refractivity contribution in [2.24, 2.45) is 0 Å². The van der Waals surface area contributed by atoms with Crippen molar-refractivity contribution < 1.29 is 31.1 Å². The third-order valence-electron chi connectivity index (χ3n) is 3.04. The fourth-order valence-electron chi connectivity index (χ4n) is 1.95. The van der Waals surface area contributed by atoms with Gasteiger partial charge in [-0.25, -0.2) is 17.9 Å². The van der Waals surface area contributed by atoms with Gasteiger partial charge in [0.2, 0.25) is 0 Å². The average molecular weight is 389 g/mol. The minimum Gasteiger partial charge on any atom is -0.449 e. The van der Waals surface area contributed by atoms with Crippen molar-refractivity contribution in [2.75, 3.05) is 11.9 Å². The Labute approximate surface area is 147 Å². The van der Waals surface area contributed by atoms with Crippen molar-refractivity contribution in [3.8, 4) is 0 Å². The van der Waals surface area contributed by atoms with Crippen molar-refractivity contribution in [1.29, 1.82) is 0 Å². The predicted molar refractivity (Wildman–Crippen MR) is 86.3 cm³/mol. The number of alkyl halides is 3. The Morgan fingerprint density at radius 1 is 1.27 bits per heavy atom. The van der Waals surface area contributed by atoms with Crippen LogP contribution in [0.25, 0.3) is 0 Å². The van der Waals surface area contributed by atoms with E-state index < -0.39 is 32.8 Å². The van der Waals surface area contributed by atoms with E-state index in [0.717, 1.165) is 18.3 Å². The van der Waals surface area contributed by atoms with E-state index in [1.165, 1.54) is 31.3 Å². The van der Waals surface area contributed by atoms with Gasteiger partial charge in [0.25, 0.3) is 10.0 Å². The fraction of sp³-hybridized carbons (Fsp3) is 0.200. The van der Waals surface area contributed by atoms with Crippen LogP contribution in [-0.2, 0) is 20.9 Å². The Morgan fingerprint density at radius 3 is 2.65 bits per heavy atom. The zero-order valence-electron chi connectivity index (χ0n) is 13.4. The number of benzene rings is 1. The highest BCUT2D eigenvalue weighted by Crippen LogP contribution is 2.32. The number of pyridine rings is 1. The maximum Gasteiger partial charge on any atom is 0.421 e. The second-order valence-corrected chi connectivity index (χ2v) is 6.55. The molecule has 26 heavy (non-hydrogen) atoms. The number of ether oxygens (including phenoxy) is 1. The maximum atomic E-state index is 12.8. The van der Waals surface area contributed by atoms with Crippen LogP contribution in [0.3, 0.4) is 0 Å². The summed E-state index contributed by atoms with van der Waals surface area (Å²) in [6, 6.07) is 5.48. The number of hydrogen-bond acceptors (Lipinski definition) is 6. The summed E-state index contributed by atoms with van der Waals surface area (Å²) in [6.45, 7) is 1.46. The van der Waals surface area contributed by atoms with Gasteiger partial charge in [0.15, 0.2) is 0 Å². The summed E-state index contributed by atoms with van der Waals surface area (Å²) < 4.78 is 69.2. The molecule has 0 aliphatic heterocycles. The standard InChI is InChI=1S/C15H14F3N3O4S/c1-2-25-14(22)21-26(23,24)13-9-19-7-6-12(13)20-11-5-3-4-10(8-11)15(16,17)18/h3-9H,2H2,1H3,(H,19,20)(H,21,22). The van der Waals surface area contributed by atoms with Crippen LogP contribution in [0.2, 0.25) is 0 Å². The van der Waals surface area contributed by atoms with Gasteiger partial charge in [-0.15, -0.1) is 0 Å². The maximum absolute atomic E-state index is 12.8. The summed E-state index contributed by atoms with van der Waals surface area (Å²) in [6.07, 6.45) is -3.52. The summed E-state index contributed by atoms with van der Waals surface area (Å²) in [5.41, 5.74) is -0.944. The van der Waals surface area contributed by atoms with Crippen LogP contribution in [0.15, 0.2) is 47.6 Å². The van der Waals surface area contributed by atoms with Crippen molar-refractivity contribution in [3.05, 3.63) is 48.3 Å². The number of nitrogens with one attached hydrogen (secondary N) is 2. The smallest absolute Gasteiger partial charge is 0.421 e. The number of hydrogen-bond donors (Lipinski definition) is 2. The van der Waals surface area contributed by atoms with E-state index in [1.54, 1.807) is 4.72 Å². The molecule has 0 spiro atoms. The lowest BCUT2D eigenvalue weighted by Crippen LogP contribution is -2.31. The van der Waals surface area contributed by atoms with E-state index in [1.807, 2.05) is 0 Å². The van der Waals surface area contributed by atoms with Crippen LogP contribution in [0, 0.1) is 0 Å². The number of amides is 1. The zero-order valence-corrected chi connectivity index (χ0v) is 14.2. The van der Waals surface area contributed by atoms with Crippen LogP contribution in [0.4, 0.5) is 29.3 Å². The summed E-state index contributed by atoms with van der Waals surface area (Å²) in [7, 11) is -4.34. The molecule has 0 aliphatic carbocycles. The Balaban J connectivity index is 2.34. The van der Waals surface area contributed by atoms with Gasteiger partial charge in [0.1, 0.15) is 4.90 Å². The first-order valence-electron chi connectivity index (χ1n) is 7.21. The molecule has 0 saturated carbocycles. The molecule has 0 unspecified atom stereocenters. The first-order valence-corrected chi connectivity index (χ1v) is 8.69. The van der Waals surface area contributed by atoms with E-state index in [0.29, 0.717) is 0 Å². The number of aromatic nitrogens is 1. The molecule has 0 aliphatic rings. The van der Waals surface area contributed by atoms with Crippen LogP contribution in [-0.4, -0.2) is 26.1 Å². The first kappa shape index (κ1) is 19.5. The molecule has 1 amide bonds. The molecule has 0 radical (unpaired) electrons. The highest BCUT2D eigenvalue weighted by atomic mass is 32.2. The van der Waals surface area contributed by atoms with Crippen molar-refractivity contribution in [3.63, 3.8) is 0 Å². The summed E-state index contributed by atoms with van der Waals surface area (Å²) in [5.74, 6) is 0. The minimum atomic E-state index is -4.55. The molecule has 1 aromatic carbocycles. The van der Waals surface area contributed by atoms with Gasteiger partial charge in [-0.05, 0) is 31.2 Å². The molecular weight excluding hydrogens is 375 g/mol. The molecule has 140 valence electrons. The normalized spacial score (nSPS) is 11.7. The van der Waals surface area contributed by atoms with Crippen molar-refractivity contribution in [1.82, 2.24) is 9.71 Å². The highest BCUT2D eigenvalue weighted by molar-refractivity contribution is 7.90. The molecule has 0 atom stereocenters. The molecule has 2 rings (SSSR count). The van der Waals surface area contributed by atoms with E-state index in [4.69, 9.17) is 0 Å². The van der Waals surface area contributed by atoms with Crippen LogP contribution < -0.4 is 10.0 Å². The SMILES string of the molecule is CCOC(=O)NS(=O)(=O)c1cnccc1Nc1cccc(C(F)(F)F)c1. The molecular formula is C15H14F3N3O4S. The average Bonchev–Trinajstić information content (AvgIpc) is 2.54.